The summed E-state index contributed by atoms with van der Waals surface area (Å²) in [5, 5.41) is 3.39. The molecule has 0 saturated carbocycles. The number of nitrogens with one attached hydrogen (secondary N) is 1. The average Bonchev–Trinajstić information content (AvgIpc) is 3.19. The lowest BCUT2D eigenvalue weighted by molar-refractivity contribution is -0.0925. The van der Waals surface area contributed by atoms with E-state index < -0.39 is 11.9 Å². The number of rotatable bonds is 7. The van der Waals surface area contributed by atoms with E-state index in [4.69, 9.17) is 22.1 Å². The SMILES string of the molecule is C=C(N=C(/C=C(\N)C(F)(F)F)c1ccc(Cl)cc1)Nc1ccc(-n2cnc(C)c2)c(OC)c1. The van der Waals surface area contributed by atoms with Crippen molar-refractivity contribution in [1.82, 2.24) is 9.55 Å². The van der Waals surface area contributed by atoms with Gasteiger partial charge in [0.05, 0.1) is 30.5 Å². The molecule has 33 heavy (non-hydrogen) atoms. The quantitative estimate of drug-likeness (QED) is 0.435. The van der Waals surface area contributed by atoms with Crippen molar-refractivity contribution in [3.8, 4) is 11.4 Å². The van der Waals surface area contributed by atoms with Crippen LogP contribution in [-0.4, -0.2) is 28.5 Å². The fraction of sp³-hybridized carbons (Fsp3) is 0.130. The van der Waals surface area contributed by atoms with E-state index in [2.05, 4.69) is 21.9 Å². The topological polar surface area (TPSA) is 77.5 Å². The minimum absolute atomic E-state index is 0.0310. The van der Waals surface area contributed by atoms with Crippen LogP contribution in [0.1, 0.15) is 11.3 Å². The Labute approximate surface area is 193 Å². The molecule has 0 spiro atoms. The van der Waals surface area contributed by atoms with E-state index in [1.54, 1.807) is 48.8 Å². The molecule has 1 heterocycles. The van der Waals surface area contributed by atoms with Gasteiger partial charge in [0.2, 0.25) is 0 Å². The number of anilines is 1. The first kappa shape index (κ1) is 23.9. The molecule has 0 radical (unpaired) electrons. The highest BCUT2D eigenvalue weighted by atomic mass is 35.5. The second-order valence-corrected chi connectivity index (χ2v) is 7.42. The maximum Gasteiger partial charge on any atom is 0.430 e. The Morgan fingerprint density at radius 2 is 1.94 bits per heavy atom. The Bertz CT molecular complexity index is 1210. The van der Waals surface area contributed by atoms with Crippen molar-refractivity contribution in [1.29, 1.82) is 0 Å². The number of allylic oxidation sites excluding steroid dienone is 2. The first-order chi connectivity index (χ1) is 15.6. The lowest BCUT2D eigenvalue weighted by atomic mass is 10.1. The molecule has 6 nitrogen and oxygen atoms in total. The van der Waals surface area contributed by atoms with Gasteiger partial charge < -0.3 is 20.4 Å². The molecule has 0 aliphatic rings. The van der Waals surface area contributed by atoms with Gasteiger partial charge in [-0.3, -0.25) is 0 Å². The van der Waals surface area contributed by atoms with E-state index in [0.717, 1.165) is 17.5 Å². The number of benzene rings is 2. The van der Waals surface area contributed by atoms with Crippen molar-refractivity contribution in [2.75, 3.05) is 12.4 Å². The number of aryl methyl sites for hydroxylation is 1. The van der Waals surface area contributed by atoms with Gasteiger partial charge in [-0.05, 0) is 37.3 Å². The highest BCUT2D eigenvalue weighted by Gasteiger charge is 2.31. The number of aromatic nitrogens is 2. The maximum absolute atomic E-state index is 13.0. The smallest absolute Gasteiger partial charge is 0.430 e. The summed E-state index contributed by atoms with van der Waals surface area (Å²) in [5.41, 5.74) is 6.47. The van der Waals surface area contributed by atoms with Crippen molar-refractivity contribution in [2.45, 2.75) is 13.1 Å². The van der Waals surface area contributed by atoms with Crippen molar-refractivity contribution in [2.24, 2.45) is 10.7 Å². The van der Waals surface area contributed by atoms with Crippen LogP contribution in [0.4, 0.5) is 18.9 Å². The van der Waals surface area contributed by atoms with Gasteiger partial charge in [-0.1, -0.05) is 30.3 Å². The summed E-state index contributed by atoms with van der Waals surface area (Å²) in [6.45, 7) is 5.68. The molecule has 2 aromatic carbocycles. The zero-order valence-corrected chi connectivity index (χ0v) is 18.6. The van der Waals surface area contributed by atoms with E-state index in [1.165, 1.54) is 7.11 Å². The summed E-state index contributed by atoms with van der Waals surface area (Å²) < 4.78 is 46.3. The summed E-state index contributed by atoms with van der Waals surface area (Å²) in [7, 11) is 1.53. The van der Waals surface area contributed by atoms with E-state index in [-0.39, 0.29) is 11.5 Å². The number of halogens is 4. The zero-order chi connectivity index (χ0) is 24.2. The second-order valence-electron chi connectivity index (χ2n) is 6.98. The molecular formula is C23H21ClF3N5O. The number of ether oxygens (including phenoxy) is 1. The Morgan fingerprint density at radius 1 is 1.24 bits per heavy atom. The van der Waals surface area contributed by atoms with Crippen LogP contribution in [0, 0.1) is 6.92 Å². The number of alkyl halides is 3. The fourth-order valence-corrected chi connectivity index (χ4v) is 3.02. The minimum atomic E-state index is -4.70. The van der Waals surface area contributed by atoms with Crippen LogP contribution in [0.25, 0.3) is 5.69 Å². The van der Waals surface area contributed by atoms with Crippen LogP contribution in [-0.2, 0) is 0 Å². The van der Waals surface area contributed by atoms with Gasteiger partial charge in [0.1, 0.15) is 17.3 Å². The highest BCUT2D eigenvalue weighted by molar-refractivity contribution is 6.30. The largest absolute Gasteiger partial charge is 0.494 e. The third-order valence-electron chi connectivity index (χ3n) is 4.47. The van der Waals surface area contributed by atoms with E-state index in [1.807, 2.05) is 17.7 Å². The first-order valence-electron chi connectivity index (χ1n) is 9.60. The van der Waals surface area contributed by atoms with Crippen molar-refractivity contribution in [3.05, 3.63) is 95.4 Å². The molecule has 0 amide bonds. The van der Waals surface area contributed by atoms with Gasteiger partial charge >= 0.3 is 6.18 Å². The van der Waals surface area contributed by atoms with Crippen molar-refractivity contribution < 1.29 is 17.9 Å². The first-order valence-corrected chi connectivity index (χ1v) is 9.98. The van der Waals surface area contributed by atoms with Crippen LogP contribution in [0.2, 0.25) is 5.02 Å². The molecule has 172 valence electrons. The molecule has 3 aromatic rings. The van der Waals surface area contributed by atoms with Gasteiger partial charge in [-0.15, -0.1) is 0 Å². The molecule has 10 heteroatoms. The molecule has 1 aromatic heterocycles. The van der Waals surface area contributed by atoms with Gasteiger partial charge in [-0.2, -0.15) is 13.2 Å². The van der Waals surface area contributed by atoms with E-state index >= 15 is 0 Å². The normalized spacial score (nSPS) is 12.5. The lowest BCUT2D eigenvalue weighted by Crippen LogP contribution is -2.21. The Morgan fingerprint density at radius 3 is 2.52 bits per heavy atom. The molecule has 0 saturated heterocycles. The van der Waals surface area contributed by atoms with Gasteiger partial charge in [0, 0.05) is 28.5 Å². The summed E-state index contributed by atoms with van der Waals surface area (Å²) in [5.74, 6) is 0.646. The molecule has 0 atom stereocenters. The molecule has 0 unspecified atom stereocenters. The lowest BCUT2D eigenvalue weighted by Gasteiger charge is -2.13. The van der Waals surface area contributed by atoms with Crippen LogP contribution in [0.3, 0.4) is 0 Å². The minimum Gasteiger partial charge on any atom is -0.494 e. The number of aliphatic imine (C=N–C) groups is 1. The highest BCUT2D eigenvalue weighted by Crippen LogP contribution is 2.28. The number of hydrogen-bond acceptors (Lipinski definition) is 5. The van der Waals surface area contributed by atoms with Gasteiger partial charge in [0.25, 0.3) is 0 Å². The number of nitrogens with two attached hydrogens (primary N) is 1. The molecule has 3 N–H and O–H groups in total. The second kappa shape index (κ2) is 9.83. The maximum atomic E-state index is 13.0. The Balaban J connectivity index is 1.91. The molecule has 0 aliphatic carbocycles. The van der Waals surface area contributed by atoms with Gasteiger partial charge in [-0.25, -0.2) is 9.98 Å². The van der Waals surface area contributed by atoms with Crippen LogP contribution in [0.5, 0.6) is 5.75 Å². The summed E-state index contributed by atoms with van der Waals surface area (Å²) in [6, 6.07) is 11.5. The molecule has 0 aliphatic heterocycles. The number of imidazole rings is 1. The summed E-state index contributed by atoms with van der Waals surface area (Å²) in [4.78, 5) is 8.42. The van der Waals surface area contributed by atoms with Crippen LogP contribution < -0.4 is 15.8 Å². The van der Waals surface area contributed by atoms with E-state index in [0.29, 0.717) is 22.0 Å². The van der Waals surface area contributed by atoms with Crippen molar-refractivity contribution in [3.63, 3.8) is 0 Å². The molecule has 3 rings (SSSR count). The standard InChI is InChI=1S/C23H21ClF3N5O/c1-14-12-32(13-29-14)20-9-8-18(10-21(20)33-3)30-15(2)31-19(11-22(28)23(25,26)27)16-4-6-17(24)7-5-16/h4-13,30H,2,28H2,1,3H3/b22-11-,31-19?. The summed E-state index contributed by atoms with van der Waals surface area (Å²) in [6.07, 6.45) is -0.429. The number of nitrogens with zero attached hydrogens (tertiary/aromatic N) is 3. The third kappa shape index (κ3) is 6.17. The fourth-order valence-electron chi connectivity index (χ4n) is 2.89. The molecule has 0 fully saturated rings. The Hall–Kier alpha value is -3.72. The third-order valence-corrected chi connectivity index (χ3v) is 4.73. The number of methoxy groups -OCH3 is 1. The predicted molar refractivity (Wildman–Crippen MR) is 124 cm³/mol. The molecule has 0 bridgehead atoms. The average molecular weight is 476 g/mol. The van der Waals surface area contributed by atoms with Crippen molar-refractivity contribution >= 4 is 23.0 Å². The number of hydrogen-bond donors (Lipinski definition) is 2. The molecular weight excluding hydrogens is 455 g/mol. The monoisotopic (exact) mass is 475 g/mol. The Kier molecular flexibility index (Phi) is 7.13. The van der Waals surface area contributed by atoms with E-state index in [9.17, 15) is 13.2 Å². The van der Waals surface area contributed by atoms with Crippen LogP contribution in [0.15, 0.2) is 84.2 Å². The predicted octanol–water partition coefficient (Wildman–Crippen LogP) is 5.62. The summed E-state index contributed by atoms with van der Waals surface area (Å²) >= 11 is 5.89. The zero-order valence-electron chi connectivity index (χ0n) is 17.8. The van der Waals surface area contributed by atoms with Crippen LogP contribution >= 0.6 is 11.6 Å². The van der Waals surface area contributed by atoms with Gasteiger partial charge in [0.15, 0.2) is 0 Å².